The first-order valence-corrected chi connectivity index (χ1v) is 16.5. The van der Waals surface area contributed by atoms with Crippen LogP contribution in [0.1, 0.15) is 47.0 Å². The van der Waals surface area contributed by atoms with E-state index in [9.17, 15) is 4.79 Å². The summed E-state index contributed by atoms with van der Waals surface area (Å²) in [4.78, 5) is 12.1. The maximum atomic E-state index is 12.1. The second-order valence-electron chi connectivity index (χ2n) is 10.8. The number of hydrogen-bond donors (Lipinski definition) is 0. The molecule has 0 aliphatic carbocycles. The SMILES string of the molecule is CCC[P+](c1ccccc1)(c1ccccc1)c1ccccc1Oc1ccc(OCCCC(C)(C)C(=O)OCC)cc1.[Br-]. The molecular formula is C36H42BrO4P. The van der Waals surface area contributed by atoms with E-state index in [1.165, 1.54) is 15.9 Å². The smallest absolute Gasteiger partial charge is 0.311 e. The van der Waals surface area contributed by atoms with Crippen LogP contribution >= 0.6 is 7.26 Å². The van der Waals surface area contributed by atoms with E-state index in [0.717, 1.165) is 36.3 Å². The molecule has 0 saturated heterocycles. The zero-order valence-electron chi connectivity index (χ0n) is 25.1. The Morgan fingerprint density at radius 2 is 1.29 bits per heavy atom. The second-order valence-corrected chi connectivity index (χ2v) is 14.4. The molecule has 0 unspecified atom stereocenters. The summed E-state index contributed by atoms with van der Waals surface area (Å²) in [5, 5.41) is 3.97. The van der Waals surface area contributed by atoms with Crippen molar-refractivity contribution in [1.82, 2.24) is 0 Å². The van der Waals surface area contributed by atoms with Crippen LogP contribution in [0.2, 0.25) is 0 Å². The second kappa shape index (κ2) is 15.9. The highest BCUT2D eigenvalue weighted by molar-refractivity contribution is 7.95. The molecule has 0 aliphatic rings. The summed E-state index contributed by atoms with van der Waals surface area (Å²) in [5.74, 6) is 2.27. The summed E-state index contributed by atoms with van der Waals surface area (Å²) in [7, 11) is -1.96. The lowest BCUT2D eigenvalue weighted by molar-refractivity contribution is -0.153. The molecule has 0 bridgehead atoms. The van der Waals surface area contributed by atoms with Gasteiger partial charge in [-0.25, -0.2) is 0 Å². The minimum Gasteiger partial charge on any atom is -1.00 e. The van der Waals surface area contributed by atoms with Gasteiger partial charge >= 0.3 is 5.97 Å². The molecule has 0 N–H and O–H groups in total. The van der Waals surface area contributed by atoms with Crippen LogP contribution in [0.3, 0.4) is 0 Å². The van der Waals surface area contributed by atoms with E-state index < -0.39 is 12.7 Å². The van der Waals surface area contributed by atoms with Gasteiger partial charge in [0.05, 0.1) is 24.8 Å². The van der Waals surface area contributed by atoms with Crippen molar-refractivity contribution in [2.45, 2.75) is 47.0 Å². The summed E-state index contributed by atoms with van der Waals surface area (Å²) >= 11 is 0. The summed E-state index contributed by atoms with van der Waals surface area (Å²) in [6, 6.07) is 38.1. The van der Waals surface area contributed by atoms with E-state index in [1.54, 1.807) is 0 Å². The van der Waals surface area contributed by atoms with Crippen molar-refractivity contribution >= 4 is 29.1 Å². The van der Waals surface area contributed by atoms with E-state index in [4.69, 9.17) is 14.2 Å². The van der Waals surface area contributed by atoms with Gasteiger partial charge in [-0.1, -0.05) is 55.5 Å². The Morgan fingerprint density at radius 1 is 0.738 bits per heavy atom. The number of esters is 1. The van der Waals surface area contributed by atoms with Crippen molar-refractivity contribution < 1.29 is 36.0 Å². The topological polar surface area (TPSA) is 44.8 Å². The molecule has 0 aliphatic heterocycles. The van der Waals surface area contributed by atoms with Gasteiger partial charge in [-0.3, -0.25) is 4.79 Å². The van der Waals surface area contributed by atoms with Crippen LogP contribution in [0.15, 0.2) is 109 Å². The van der Waals surface area contributed by atoms with Crippen LogP contribution in [0.25, 0.3) is 0 Å². The average molecular weight is 650 g/mol. The summed E-state index contributed by atoms with van der Waals surface area (Å²) < 4.78 is 17.8. The van der Waals surface area contributed by atoms with Crippen LogP contribution in [-0.2, 0) is 9.53 Å². The number of halogens is 1. The third-order valence-corrected chi connectivity index (χ3v) is 12.0. The fraction of sp³-hybridized carbons (Fsp3) is 0.306. The molecule has 6 heteroatoms. The Balaban J connectivity index is 0.00000484. The lowest BCUT2D eigenvalue weighted by atomic mass is 9.88. The maximum Gasteiger partial charge on any atom is 0.311 e. The molecule has 0 aromatic heterocycles. The van der Waals surface area contributed by atoms with Crippen molar-refractivity contribution in [3.05, 3.63) is 109 Å². The zero-order chi connectivity index (χ0) is 29.1. The molecule has 4 nitrogen and oxygen atoms in total. The largest absolute Gasteiger partial charge is 1.00 e. The van der Waals surface area contributed by atoms with Gasteiger partial charge in [0.25, 0.3) is 0 Å². The van der Waals surface area contributed by atoms with Crippen LogP contribution in [-0.4, -0.2) is 25.3 Å². The maximum absolute atomic E-state index is 12.1. The fourth-order valence-electron chi connectivity index (χ4n) is 5.23. The molecule has 0 spiro atoms. The minimum atomic E-state index is -1.96. The van der Waals surface area contributed by atoms with E-state index in [0.29, 0.717) is 19.6 Å². The number of para-hydroxylation sites is 1. The van der Waals surface area contributed by atoms with E-state index >= 15 is 0 Å². The van der Waals surface area contributed by atoms with Gasteiger partial charge in [-0.2, -0.15) is 0 Å². The predicted molar refractivity (Wildman–Crippen MR) is 172 cm³/mol. The molecule has 0 fully saturated rings. The first-order valence-electron chi connectivity index (χ1n) is 14.6. The molecule has 4 aromatic rings. The molecule has 42 heavy (non-hydrogen) atoms. The predicted octanol–water partition coefficient (Wildman–Crippen LogP) is 4.94. The van der Waals surface area contributed by atoms with E-state index in [2.05, 4.69) is 85.8 Å². The molecule has 0 saturated carbocycles. The van der Waals surface area contributed by atoms with Gasteiger partial charge in [-0.15, -0.1) is 0 Å². The van der Waals surface area contributed by atoms with Crippen molar-refractivity contribution in [2.75, 3.05) is 19.4 Å². The van der Waals surface area contributed by atoms with Gasteiger partial charge in [-0.05, 0) is 101 Å². The highest BCUT2D eigenvalue weighted by Gasteiger charge is 2.46. The number of ether oxygens (including phenoxy) is 3. The number of benzene rings is 4. The average Bonchev–Trinajstić information content (AvgIpc) is 3.00. The molecule has 0 radical (unpaired) electrons. The summed E-state index contributed by atoms with van der Waals surface area (Å²) in [6.07, 6.45) is 3.59. The molecule has 0 atom stereocenters. The van der Waals surface area contributed by atoms with Crippen molar-refractivity contribution in [3.63, 3.8) is 0 Å². The lowest BCUT2D eigenvalue weighted by Crippen LogP contribution is -3.00. The fourth-order valence-corrected chi connectivity index (χ4v) is 9.71. The molecule has 222 valence electrons. The monoisotopic (exact) mass is 648 g/mol. The first kappa shape index (κ1) is 33.4. The van der Waals surface area contributed by atoms with Gasteiger partial charge in [0.15, 0.2) is 5.75 Å². The Kier molecular flexibility index (Phi) is 12.6. The zero-order valence-corrected chi connectivity index (χ0v) is 27.6. The Hall–Kier alpha value is -3.14. The van der Waals surface area contributed by atoms with Crippen LogP contribution in [0.4, 0.5) is 0 Å². The number of hydrogen-bond acceptors (Lipinski definition) is 4. The summed E-state index contributed by atoms with van der Waals surface area (Å²) in [6.45, 7) is 8.87. The number of rotatable bonds is 14. The molecule has 0 heterocycles. The Bertz CT molecular complexity index is 1340. The van der Waals surface area contributed by atoms with Gasteiger partial charge in [0.2, 0.25) is 0 Å². The summed E-state index contributed by atoms with van der Waals surface area (Å²) in [5.41, 5.74) is -0.514. The van der Waals surface area contributed by atoms with Gasteiger partial charge < -0.3 is 31.2 Å². The van der Waals surface area contributed by atoms with Gasteiger partial charge in [0.1, 0.15) is 34.7 Å². The number of carbonyl (C=O) groups is 1. The molecule has 0 amide bonds. The first-order chi connectivity index (χ1) is 19.9. The van der Waals surface area contributed by atoms with Crippen molar-refractivity contribution in [3.8, 4) is 17.2 Å². The highest BCUT2D eigenvalue weighted by Crippen LogP contribution is 2.57. The number of carbonyl (C=O) groups excluding carboxylic acids is 1. The molecule has 4 aromatic carbocycles. The van der Waals surface area contributed by atoms with Crippen LogP contribution < -0.4 is 42.4 Å². The quantitative estimate of drug-likeness (QED) is 0.110. The van der Waals surface area contributed by atoms with Gasteiger partial charge in [0, 0.05) is 0 Å². The minimum absolute atomic E-state index is 0. The van der Waals surface area contributed by atoms with E-state index in [1.807, 2.05) is 51.1 Å². The molecular weight excluding hydrogens is 607 g/mol. The standard InChI is InChI=1S/C36H42O4P.BrH/c1-5-28-41(31-16-9-7-10-17-31,32-18-11-8-12-19-32)34-21-14-13-20-33(34)40-30-24-22-29(23-25-30)39-27-15-26-36(3,4)35(37)38-6-2;/h7-14,16-25H,5-6,15,26-28H2,1-4H3;1H/q+1;/p-1. The molecule has 4 rings (SSSR count). The lowest BCUT2D eigenvalue weighted by Gasteiger charge is -2.28. The normalized spacial score (nSPS) is 11.3. The third-order valence-electron chi connectivity index (χ3n) is 7.32. The highest BCUT2D eigenvalue weighted by atomic mass is 79.9. The van der Waals surface area contributed by atoms with Crippen molar-refractivity contribution in [2.24, 2.45) is 5.41 Å². The Morgan fingerprint density at radius 3 is 1.86 bits per heavy atom. The van der Waals surface area contributed by atoms with E-state index in [-0.39, 0.29) is 23.0 Å². The van der Waals surface area contributed by atoms with Crippen LogP contribution in [0, 0.1) is 5.41 Å². The Labute approximate surface area is 262 Å². The van der Waals surface area contributed by atoms with Crippen molar-refractivity contribution in [1.29, 1.82) is 0 Å². The third kappa shape index (κ3) is 8.02. The van der Waals surface area contributed by atoms with Crippen LogP contribution in [0.5, 0.6) is 17.2 Å².